The number of hydrogen-bond donors (Lipinski definition) is 2. The molecule has 0 fully saturated rings. The number of amides is 2. The number of primary amides is 1. The number of aryl methyl sites for hydroxylation is 2. The molecule has 19 heavy (non-hydrogen) atoms. The summed E-state index contributed by atoms with van der Waals surface area (Å²) in [5.74, 6) is 0. The predicted molar refractivity (Wildman–Crippen MR) is 77.2 cm³/mol. The lowest BCUT2D eigenvalue weighted by atomic mass is 9.87. The molecule has 4 nitrogen and oxygen atoms in total. The van der Waals surface area contributed by atoms with Gasteiger partial charge in [-0.15, -0.1) is 0 Å². The summed E-state index contributed by atoms with van der Waals surface area (Å²) < 4.78 is 0. The molecule has 4 heteroatoms. The molecule has 0 radical (unpaired) electrons. The lowest BCUT2D eigenvalue weighted by Crippen LogP contribution is -2.25. The molecule has 0 unspecified atom stereocenters. The molecule has 3 N–H and O–H groups in total. The number of fused-ring (bicyclic) bond motifs is 1. The molecule has 0 saturated heterocycles. The van der Waals surface area contributed by atoms with Gasteiger partial charge in [0, 0.05) is 5.71 Å². The summed E-state index contributed by atoms with van der Waals surface area (Å²) in [7, 11) is 0. The highest BCUT2D eigenvalue weighted by atomic mass is 16.2. The number of nitrogens with zero attached hydrogens (tertiary/aromatic N) is 1. The van der Waals surface area contributed by atoms with Crippen molar-refractivity contribution in [1.82, 2.24) is 5.43 Å². The van der Waals surface area contributed by atoms with E-state index >= 15 is 0 Å². The lowest BCUT2D eigenvalue weighted by molar-refractivity contribution is 0.249. The van der Waals surface area contributed by atoms with Crippen LogP contribution in [0.15, 0.2) is 23.3 Å². The van der Waals surface area contributed by atoms with Crippen molar-refractivity contribution in [1.29, 1.82) is 0 Å². The van der Waals surface area contributed by atoms with Crippen molar-refractivity contribution in [2.75, 3.05) is 0 Å². The topological polar surface area (TPSA) is 67.5 Å². The Bertz CT molecular complexity index is 494. The fourth-order valence-electron chi connectivity index (χ4n) is 2.62. The van der Waals surface area contributed by atoms with E-state index in [9.17, 15) is 4.79 Å². The molecule has 0 heterocycles. The van der Waals surface area contributed by atoms with Gasteiger partial charge < -0.3 is 5.73 Å². The highest BCUT2D eigenvalue weighted by molar-refractivity contribution is 5.83. The van der Waals surface area contributed by atoms with Crippen LogP contribution in [-0.2, 0) is 19.3 Å². The first kappa shape index (κ1) is 13.6. The predicted octanol–water partition coefficient (Wildman–Crippen LogP) is 2.54. The number of carbonyl (C=O) groups is 1. The maximum atomic E-state index is 10.6. The molecular formula is C15H21N3O. The first-order valence-corrected chi connectivity index (χ1v) is 6.85. The average Bonchev–Trinajstić information content (AvgIpc) is 2.42. The highest BCUT2D eigenvalue weighted by Crippen LogP contribution is 2.25. The number of rotatable bonds is 4. The summed E-state index contributed by atoms with van der Waals surface area (Å²) in [6.45, 7) is 1.91. The Morgan fingerprint density at radius 3 is 2.95 bits per heavy atom. The van der Waals surface area contributed by atoms with Gasteiger partial charge in [-0.3, -0.25) is 0 Å². The van der Waals surface area contributed by atoms with E-state index in [1.807, 2.05) is 6.92 Å². The van der Waals surface area contributed by atoms with E-state index in [0.29, 0.717) is 0 Å². The quantitative estimate of drug-likeness (QED) is 0.633. The van der Waals surface area contributed by atoms with Crippen LogP contribution in [0, 0.1) is 0 Å². The van der Waals surface area contributed by atoms with E-state index < -0.39 is 6.03 Å². The van der Waals surface area contributed by atoms with E-state index in [-0.39, 0.29) is 0 Å². The van der Waals surface area contributed by atoms with Crippen LogP contribution >= 0.6 is 0 Å². The highest BCUT2D eigenvalue weighted by Gasteiger charge is 2.12. The van der Waals surface area contributed by atoms with Crippen molar-refractivity contribution < 1.29 is 4.79 Å². The third kappa shape index (κ3) is 3.81. The molecule has 1 aromatic carbocycles. The van der Waals surface area contributed by atoms with Gasteiger partial charge in [0.05, 0.1) is 0 Å². The third-order valence-electron chi connectivity index (χ3n) is 3.61. The molecule has 0 spiro atoms. The van der Waals surface area contributed by atoms with Gasteiger partial charge in [-0.05, 0) is 62.1 Å². The minimum Gasteiger partial charge on any atom is -0.350 e. The van der Waals surface area contributed by atoms with Crippen LogP contribution in [0.4, 0.5) is 4.79 Å². The molecule has 0 aliphatic heterocycles. The molecule has 0 bridgehead atoms. The van der Waals surface area contributed by atoms with Crippen molar-refractivity contribution in [2.45, 2.75) is 45.4 Å². The second kappa shape index (κ2) is 6.36. The molecule has 0 aromatic heterocycles. The number of carbonyl (C=O) groups excluding carboxylic acids is 1. The molecule has 0 atom stereocenters. The van der Waals surface area contributed by atoms with Gasteiger partial charge in [-0.2, -0.15) is 5.10 Å². The fraction of sp³-hybridized carbons (Fsp3) is 0.467. The Morgan fingerprint density at radius 2 is 2.16 bits per heavy atom. The first-order valence-electron chi connectivity index (χ1n) is 6.85. The lowest BCUT2D eigenvalue weighted by Gasteiger charge is -2.19. The number of hydrogen-bond acceptors (Lipinski definition) is 2. The van der Waals surface area contributed by atoms with Gasteiger partial charge in [0.15, 0.2) is 0 Å². The number of nitrogens with two attached hydrogens (primary N) is 1. The molecule has 1 aliphatic rings. The molecule has 1 aromatic rings. The fourth-order valence-corrected chi connectivity index (χ4v) is 2.62. The van der Waals surface area contributed by atoms with E-state index in [2.05, 4.69) is 28.7 Å². The van der Waals surface area contributed by atoms with Gasteiger partial charge >= 0.3 is 6.03 Å². The summed E-state index contributed by atoms with van der Waals surface area (Å²) in [6, 6.07) is 5.98. The average molecular weight is 259 g/mol. The van der Waals surface area contributed by atoms with Gasteiger partial charge in [0.1, 0.15) is 0 Å². The molecular weight excluding hydrogens is 238 g/mol. The summed E-state index contributed by atoms with van der Waals surface area (Å²) in [4.78, 5) is 10.6. The monoisotopic (exact) mass is 259 g/mol. The maximum absolute atomic E-state index is 10.6. The van der Waals surface area contributed by atoms with Crippen molar-refractivity contribution >= 4 is 11.7 Å². The second-order valence-electron chi connectivity index (χ2n) is 5.09. The zero-order valence-electron chi connectivity index (χ0n) is 11.4. The van der Waals surface area contributed by atoms with Crippen LogP contribution < -0.4 is 11.2 Å². The second-order valence-corrected chi connectivity index (χ2v) is 5.09. The smallest absolute Gasteiger partial charge is 0.332 e. The Morgan fingerprint density at radius 1 is 1.37 bits per heavy atom. The van der Waals surface area contributed by atoms with Crippen LogP contribution in [0.5, 0.6) is 0 Å². The Labute approximate surface area is 114 Å². The summed E-state index contributed by atoms with van der Waals surface area (Å²) in [5.41, 5.74) is 12.6. The standard InChI is InChI=1S/C15H21N3O/c1-11(17-18-15(16)19)9-10-13-7-4-6-12-5-2-3-8-14(12)13/h4,6-7H,2-3,5,8-10H2,1H3,(H3,16,18,19)/b17-11+. The Hall–Kier alpha value is -1.84. The maximum Gasteiger partial charge on any atom is 0.332 e. The number of nitrogens with one attached hydrogen (secondary N) is 1. The molecule has 102 valence electrons. The van der Waals surface area contributed by atoms with Gasteiger partial charge in [0.2, 0.25) is 0 Å². The normalized spacial score (nSPS) is 14.9. The number of hydrazone groups is 1. The summed E-state index contributed by atoms with van der Waals surface area (Å²) >= 11 is 0. The van der Waals surface area contributed by atoms with Crippen LogP contribution in [0.3, 0.4) is 0 Å². The number of benzene rings is 1. The zero-order chi connectivity index (χ0) is 13.7. The largest absolute Gasteiger partial charge is 0.350 e. The first-order chi connectivity index (χ1) is 9.16. The number of urea groups is 1. The minimum atomic E-state index is -0.614. The van der Waals surface area contributed by atoms with Crippen molar-refractivity contribution in [2.24, 2.45) is 10.8 Å². The zero-order valence-corrected chi connectivity index (χ0v) is 11.4. The van der Waals surface area contributed by atoms with E-state index in [1.54, 1.807) is 0 Å². The molecule has 2 rings (SSSR count). The van der Waals surface area contributed by atoms with Crippen LogP contribution in [0.25, 0.3) is 0 Å². The van der Waals surface area contributed by atoms with Gasteiger partial charge in [0.25, 0.3) is 0 Å². The van der Waals surface area contributed by atoms with Crippen LogP contribution in [0.2, 0.25) is 0 Å². The molecule has 1 aliphatic carbocycles. The van der Waals surface area contributed by atoms with E-state index in [4.69, 9.17) is 5.73 Å². The van der Waals surface area contributed by atoms with Crippen molar-refractivity contribution in [3.63, 3.8) is 0 Å². The van der Waals surface area contributed by atoms with Crippen LogP contribution in [-0.4, -0.2) is 11.7 Å². The van der Waals surface area contributed by atoms with Gasteiger partial charge in [-0.1, -0.05) is 18.2 Å². The third-order valence-corrected chi connectivity index (χ3v) is 3.61. The van der Waals surface area contributed by atoms with Crippen molar-refractivity contribution in [3.05, 3.63) is 34.9 Å². The van der Waals surface area contributed by atoms with Gasteiger partial charge in [-0.25, -0.2) is 10.2 Å². The molecule has 2 amide bonds. The Balaban J connectivity index is 2.00. The summed E-state index contributed by atoms with van der Waals surface area (Å²) in [6.07, 6.45) is 6.82. The van der Waals surface area contributed by atoms with E-state index in [1.165, 1.54) is 42.4 Å². The van der Waals surface area contributed by atoms with E-state index in [0.717, 1.165) is 18.6 Å². The summed E-state index contributed by atoms with van der Waals surface area (Å²) in [5, 5.41) is 3.94. The van der Waals surface area contributed by atoms with Crippen LogP contribution in [0.1, 0.15) is 42.9 Å². The minimum absolute atomic E-state index is 0.614. The van der Waals surface area contributed by atoms with Crippen molar-refractivity contribution in [3.8, 4) is 0 Å². The Kier molecular flexibility index (Phi) is 4.55. The molecule has 0 saturated carbocycles. The SMILES string of the molecule is C/C(CCc1cccc2c1CCCC2)=N\NC(N)=O.